The molecule has 0 amide bonds. The summed E-state index contributed by atoms with van der Waals surface area (Å²) < 4.78 is 8.78. The molecule has 2 aliphatic heterocycles. The predicted molar refractivity (Wildman–Crippen MR) is 137 cm³/mol. The summed E-state index contributed by atoms with van der Waals surface area (Å²) in [6, 6.07) is 19.7. The Balaban J connectivity index is 1.83. The summed E-state index contributed by atoms with van der Waals surface area (Å²) in [6.45, 7) is 9.88. The van der Waals surface area contributed by atoms with Crippen LogP contribution in [0.1, 0.15) is 24.2 Å². The van der Waals surface area contributed by atoms with Crippen LogP contribution in [-0.4, -0.2) is 50.3 Å². The van der Waals surface area contributed by atoms with Gasteiger partial charge in [-0.3, -0.25) is 0 Å². The van der Waals surface area contributed by atoms with Gasteiger partial charge in [0.15, 0.2) is 0 Å². The Morgan fingerprint density at radius 1 is 1.00 bits per heavy atom. The van der Waals surface area contributed by atoms with E-state index in [0.29, 0.717) is 5.56 Å². The number of fused-ring (bicyclic) bond motifs is 2. The number of carboxylic acid groups (broad SMARTS) is 1. The summed E-state index contributed by atoms with van der Waals surface area (Å²) in [5.74, 6) is -0.181. The van der Waals surface area contributed by atoms with Crippen LogP contribution in [0.25, 0.3) is 33.4 Å². The zero-order chi connectivity index (χ0) is 23.7. The molecule has 6 nitrogen and oxygen atoms in total. The van der Waals surface area contributed by atoms with Crippen molar-refractivity contribution in [1.82, 2.24) is 9.89 Å². The highest BCUT2D eigenvalue weighted by atomic mass is 16.4. The van der Waals surface area contributed by atoms with E-state index < -0.39 is 5.97 Å². The van der Waals surface area contributed by atoms with E-state index in [-0.39, 0.29) is 5.56 Å². The molecule has 0 spiro atoms. The van der Waals surface area contributed by atoms with Crippen LogP contribution in [0.3, 0.4) is 0 Å². The number of nitrogens with one attached hydrogen (secondary N) is 1. The number of nitrogens with zero attached hydrogens (tertiary/aromatic N) is 2. The summed E-state index contributed by atoms with van der Waals surface area (Å²) >= 11 is 0. The second kappa shape index (κ2) is 9.31. The van der Waals surface area contributed by atoms with Gasteiger partial charge in [0.05, 0.1) is 11.6 Å². The van der Waals surface area contributed by atoms with E-state index in [0.717, 1.165) is 78.2 Å². The van der Waals surface area contributed by atoms with E-state index in [1.54, 1.807) is 12.1 Å². The van der Waals surface area contributed by atoms with Gasteiger partial charge >= 0.3 is 5.97 Å². The van der Waals surface area contributed by atoms with Gasteiger partial charge in [-0.05, 0) is 43.7 Å². The molecule has 0 radical (unpaired) electrons. The molecule has 1 aliphatic carbocycles. The zero-order valence-corrected chi connectivity index (χ0v) is 19.7. The molecular formula is C28H30N3O3+. The van der Waals surface area contributed by atoms with Gasteiger partial charge in [-0.15, -0.1) is 0 Å². The van der Waals surface area contributed by atoms with Crippen LogP contribution in [0, 0.1) is 0 Å². The maximum Gasteiger partial charge on any atom is 0.336 e. The highest BCUT2D eigenvalue weighted by molar-refractivity contribution is 6.07. The fourth-order valence-electron chi connectivity index (χ4n) is 4.95. The average molecular weight is 457 g/mol. The van der Waals surface area contributed by atoms with E-state index in [1.807, 2.05) is 12.1 Å². The molecule has 2 aromatic carbocycles. The Hall–Kier alpha value is -3.64. The second-order valence-electron chi connectivity index (χ2n) is 8.60. The van der Waals surface area contributed by atoms with Crippen LogP contribution in [0.2, 0.25) is 0 Å². The maximum absolute atomic E-state index is 12.1. The number of hydrogen-bond donors (Lipinski definition) is 2. The molecule has 2 heterocycles. The Morgan fingerprint density at radius 2 is 1.76 bits per heavy atom. The first kappa shape index (κ1) is 22.2. The lowest BCUT2D eigenvalue weighted by Gasteiger charge is -2.29. The van der Waals surface area contributed by atoms with Gasteiger partial charge in [0.2, 0.25) is 5.36 Å². The Morgan fingerprint density at radius 3 is 2.50 bits per heavy atom. The third kappa shape index (κ3) is 3.94. The molecule has 3 aliphatic rings. The maximum atomic E-state index is 12.1. The molecule has 2 N–H and O–H groups in total. The monoisotopic (exact) mass is 456 g/mol. The third-order valence-electron chi connectivity index (χ3n) is 6.73. The first-order chi connectivity index (χ1) is 16.6. The number of carbonyl (C=O) groups is 1. The zero-order valence-electron chi connectivity index (χ0n) is 19.7. The number of aromatic carboxylic acids is 1. The SMILES string of the molecule is CC[N+](CC)=c1ccc2c(-c3ccccc3C(=O)O)c3ccc(N4CCNCC4)cc3oc-2c1. The lowest BCUT2D eigenvalue weighted by atomic mass is 9.90. The summed E-state index contributed by atoms with van der Waals surface area (Å²) in [5, 5.41) is 15.3. The Bertz CT molecular complexity index is 1390. The molecule has 0 bridgehead atoms. The van der Waals surface area contributed by atoms with Gasteiger partial charge in [0, 0.05) is 60.5 Å². The molecule has 6 heteroatoms. The first-order valence-electron chi connectivity index (χ1n) is 12.0. The summed E-state index contributed by atoms with van der Waals surface area (Å²) in [5.41, 5.74) is 4.67. The molecule has 174 valence electrons. The van der Waals surface area contributed by atoms with Crippen molar-refractivity contribution >= 4 is 22.6 Å². The first-order valence-corrected chi connectivity index (χ1v) is 12.0. The van der Waals surface area contributed by atoms with Crippen molar-refractivity contribution in [2.24, 2.45) is 0 Å². The van der Waals surface area contributed by atoms with Gasteiger partial charge in [0.1, 0.15) is 24.4 Å². The lowest BCUT2D eigenvalue weighted by Crippen LogP contribution is -2.43. The van der Waals surface area contributed by atoms with Crippen molar-refractivity contribution in [3.63, 3.8) is 0 Å². The molecule has 2 aromatic rings. The van der Waals surface area contributed by atoms with E-state index in [1.165, 1.54) is 0 Å². The van der Waals surface area contributed by atoms with Crippen molar-refractivity contribution in [3.05, 3.63) is 71.6 Å². The largest absolute Gasteiger partial charge is 0.478 e. The highest BCUT2D eigenvalue weighted by Crippen LogP contribution is 2.42. The van der Waals surface area contributed by atoms with Crippen LogP contribution < -0.4 is 20.1 Å². The molecule has 34 heavy (non-hydrogen) atoms. The van der Waals surface area contributed by atoms with Gasteiger partial charge in [-0.25, -0.2) is 9.37 Å². The van der Waals surface area contributed by atoms with Gasteiger partial charge in [0.25, 0.3) is 0 Å². The van der Waals surface area contributed by atoms with Crippen LogP contribution in [0.5, 0.6) is 0 Å². The quantitative estimate of drug-likeness (QED) is 0.349. The molecule has 1 fully saturated rings. The van der Waals surface area contributed by atoms with Crippen molar-refractivity contribution in [2.75, 3.05) is 44.2 Å². The molecule has 1 saturated heterocycles. The van der Waals surface area contributed by atoms with Crippen molar-refractivity contribution < 1.29 is 14.3 Å². The van der Waals surface area contributed by atoms with Crippen molar-refractivity contribution in [3.8, 4) is 22.5 Å². The number of rotatable bonds is 5. The smallest absolute Gasteiger partial charge is 0.336 e. The Kier molecular flexibility index (Phi) is 6.07. The number of anilines is 1. The van der Waals surface area contributed by atoms with Crippen LogP contribution in [0.15, 0.2) is 65.1 Å². The molecule has 5 rings (SSSR count). The van der Waals surface area contributed by atoms with Crippen LogP contribution >= 0.6 is 0 Å². The second-order valence-corrected chi connectivity index (χ2v) is 8.60. The predicted octanol–water partition coefficient (Wildman–Crippen LogP) is 4.12. The van der Waals surface area contributed by atoms with Crippen LogP contribution in [-0.2, 0) is 0 Å². The van der Waals surface area contributed by atoms with Gasteiger partial charge in [-0.2, -0.15) is 0 Å². The van der Waals surface area contributed by atoms with E-state index in [4.69, 9.17) is 4.42 Å². The summed E-state index contributed by atoms with van der Waals surface area (Å²) in [4.78, 5) is 14.5. The Labute approximate surface area is 199 Å². The molecule has 0 saturated carbocycles. The minimum atomic E-state index is -0.935. The lowest BCUT2D eigenvalue weighted by molar-refractivity contribution is 0.0697. The summed E-state index contributed by atoms with van der Waals surface area (Å²) in [7, 11) is 0. The fourth-order valence-corrected chi connectivity index (χ4v) is 4.95. The number of carboxylic acids is 1. The number of piperazine rings is 1. The topological polar surface area (TPSA) is 68.7 Å². The number of hydrogen-bond acceptors (Lipinski definition) is 4. The van der Waals surface area contributed by atoms with Crippen molar-refractivity contribution in [1.29, 1.82) is 0 Å². The molecule has 0 aromatic heterocycles. The molecule has 0 unspecified atom stereocenters. The summed E-state index contributed by atoms with van der Waals surface area (Å²) in [6.07, 6.45) is 0. The molecular weight excluding hydrogens is 426 g/mol. The minimum absolute atomic E-state index is 0.287. The number of benzene rings is 3. The van der Waals surface area contributed by atoms with E-state index in [2.05, 4.69) is 65.0 Å². The standard InChI is InChI=1S/C28H29N3O3/c1-3-30(4-2)19-9-11-23-25(17-19)34-26-18-20(31-15-13-29-14-16-31)10-12-24(26)27(23)21-7-5-6-8-22(21)28(32)33/h5-12,17-18,29H,3-4,13-16H2,1-2H3/p+1. The van der Waals surface area contributed by atoms with E-state index >= 15 is 0 Å². The fraction of sp³-hybridized carbons (Fsp3) is 0.286. The van der Waals surface area contributed by atoms with Gasteiger partial charge in [-0.1, -0.05) is 18.2 Å². The minimum Gasteiger partial charge on any atom is -0.478 e. The van der Waals surface area contributed by atoms with Crippen molar-refractivity contribution in [2.45, 2.75) is 13.8 Å². The highest BCUT2D eigenvalue weighted by Gasteiger charge is 2.23. The average Bonchev–Trinajstić information content (AvgIpc) is 2.88. The normalized spacial score (nSPS) is 14.0. The molecule has 0 atom stereocenters. The van der Waals surface area contributed by atoms with Gasteiger partial charge < -0.3 is 19.7 Å². The van der Waals surface area contributed by atoms with Crippen LogP contribution in [0.4, 0.5) is 5.69 Å². The van der Waals surface area contributed by atoms with E-state index in [9.17, 15) is 9.90 Å². The third-order valence-corrected chi connectivity index (χ3v) is 6.73.